The number of nitrogens with one attached hydrogen (secondary N) is 1. The summed E-state index contributed by atoms with van der Waals surface area (Å²) >= 11 is 0. The highest BCUT2D eigenvalue weighted by molar-refractivity contribution is 5.76. The number of hydrogen-bond acceptors (Lipinski definition) is 5. The van der Waals surface area contributed by atoms with Gasteiger partial charge in [0.2, 0.25) is 0 Å². The van der Waals surface area contributed by atoms with Crippen LogP contribution in [0, 0.1) is 17.2 Å². The Kier molecular flexibility index (Phi) is 8.10. The predicted octanol–water partition coefficient (Wildman–Crippen LogP) is 6.07. The molecule has 3 rings (SSSR count). The molecule has 1 aliphatic rings. The number of nitriles is 1. The lowest BCUT2D eigenvalue weighted by Crippen LogP contribution is -2.39. The van der Waals surface area contributed by atoms with Crippen molar-refractivity contribution in [2.24, 2.45) is 5.92 Å². The van der Waals surface area contributed by atoms with E-state index in [9.17, 15) is 9.90 Å². The molecule has 6 nitrogen and oxygen atoms in total. The van der Waals surface area contributed by atoms with Gasteiger partial charge in [-0.05, 0) is 54.5 Å². The van der Waals surface area contributed by atoms with Crippen LogP contribution in [-0.4, -0.2) is 28.6 Å². The van der Waals surface area contributed by atoms with Crippen LogP contribution in [0.25, 0.3) is 0 Å². The molecule has 0 bridgehead atoms. The van der Waals surface area contributed by atoms with Crippen molar-refractivity contribution >= 4 is 23.2 Å². The summed E-state index contributed by atoms with van der Waals surface area (Å²) in [6, 6.07) is 12.4. The van der Waals surface area contributed by atoms with E-state index < -0.39 is 5.97 Å². The summed E-state index contributed by atoms with van der Waals surface area (Å²) in [4.78, 5) is 18.2. The second-order valence-corrected chi connectivity index (χ2v) is 9.28. The molecule has 2 aromatic rings. The van der Waals surface area contributed by atoms with Gasteiger partial charge in [0.1, 0.15) is 11.9 Å². The molecule has 1 aromatic heterocycles. The van der Waals surface area contributed by atoms with Crippen LogP contribution < -0.4 is 10.2 Å². The Hall–Kier alpha value is -3.07. The first kappa shape index (κ1) is 23.6. The van der Waals surface area contributed by atoms with E-state index in [4.69, 9.17) is 5.26 Å². The molecule has 0 saturated heterocycles. The number of hydrogen-bond donors (Lipinski definition) is 2. The van der Waals surface area contributed by atoms with Gasteiger partial charge < -0.3 is 15.3 Å². The number of carboxylic acid groups (broad SMARTS) is 1. The van der Waals surface area contributed by atoms with E-state index in [2.05, 4.69) is 53.3 Å². The van der Waals surface area contributed by atoms with E-state index in [1.54, 1.807) is 12.3 Å². The molecular weight excluding hydrogens is 400 g/mol. The number of aromatic nitrogens is 1. The molecule has 1 aromatic carbocycles. The van der Waals surface area contributed by atoms with Crippen molar-refractivity contribution in [2.45, 2.75) is 71.3 Å². The molecule has 1 aliphatic carbocycles. The van der Waals surface area contributed by atoms with Crippen molar-refractivity contribution < 1.29 is 9.90 Å². The van der Waals surface area contributed by atoms with E-state index in [0.29, 0.717) is 23.3 Å². The van der Waals surface area contributed by atoms with Gasteiger partial charge in [-0.15, -0.1) is 0 Å². The monoisotopic (exact) mass is 434 g/mol. The quantitative estimate of drug-likeness (QED) is 0.498. The minimum Gasteiger partial charge on any atom is -0.481 e. The summed E-state index contributed by atoms with van der Waals surface area (Å²) in [5.41, 5.74) is 3.56. The van der Waals surface area contributed by atoms with Crippen LogP contribution in [0.3, 0.4) is 0 Å². The van der Waals surface area contributed by atoms with E-state index in [1.165, 1.54) is 32.1 Å². The summed E-state index contributed by atoms with van der Waals surface area (Å²) in [6.45, 7) is 7.40. The summed E-state index contributed by atoms with van der Waals surface area (Å²) < 4.78 is 0. The fraction of sp³-hybridized carbons (Fsp3) is 0.500. The van der Waals surface area contributed by atoms with Crippen LogP contribution in [-0.2, 0) is 4.79 Å². The van der Waals surface area contributed by atoms with E-state index in [-0.39, 0.29) is 12.3 Å². The van der Waals surface area contributed by atoms with Crippen molar-refractivity contribution in [1.29, 1.82) is 5.26 Å². The molecular formula is C26H34N4O2. The molecule has 170 valence electrons. The topological polar surface area (TPSA) is 89.3 Å². The van der Waals surface area contributed by atoms with Gasteiger partial charge in [-0.2, -0.15) is 5.26 Å². The SMILES string of the molecule is CC(C)CN(c1ccc(C(C)CC(=O)O)cc1Nc1ccc(C#N)cn1)C1CCCCC1. The first-order valence-electron chi connectivity index (χ1n) is 11.6. The maximum absolute atomic E-state index is 11.3. The van der Waals surface area contributed by atoms with Gasteiger partial charge in [0, 0.05) is 18.8 Å². The Morgan fingerprint density at radius 1 is 1.22 bits per heavy atom. The third kappa shape index (κ3) is 6.23. The number of pyridine rings is 1. The highest BCUT2D eigenvalue weighted by atomic mass is 16.4. The van der Waals surface area contributed by atoms with Crippen LogP contribution in [0.2, 0.25) is 0 Å². The van der Waals surface area contributed by atoms with Gasteiger partial charge in [-0.1, -0.05) is 46.1 Å². The Balaban J connectivity index is 2.00. The van der Waals surface area contributed by atoms with Gasteiger partial charge in [-0.3, -0.25) is 4.79 Å². The van der Waals surface area contributed by atoms with Crippen LogP contribution in [0.4, 0.5) is 17.2 Å². The molecule has 0 amide bonds. The van der Waals surface area contributed by atoms with Crippen LogP contribution in [0.15, 0.2) is 36.5 Å². The molecule has 1 saturated carbocycles. The van der Waals surface area contributed by atoms with Gasteiger partial charge in [0.15, 0.2) is 0 Å². The molecule has 1 unspecified atom stereocenters. The maximum atomic E-state index is 11.3. The third-order valence-corrected chi connectivity index (χ3v) is 6.11. The van der Waals surface area contributed by atoms with E-state index >= 15 is 0 Å². The predicted molar refractivity (Wildman–Crippen MR) is 128 cm³/mol. The van der Waals surface area contributed by atoms with Gasteiger partial charge in [0.05, 0.1) is 23.4 Å². The number of carbonyl (C=O) groups is 1. The lowest BCUT2D eigenvalue weighted by molar-refractivity contribution is -0.137. The largest absolute Gasteiger partial charge is 0.481 e. The van der Waals surface area contributed by atoms with Crippen molar-refractivity contribution in [3.8, 4) is 6.07 Å². The normalized spacial score (nSPS) is 15.2. The molecule has 0 radical (unpaired) electrons. The average Bonchev–Trinajstić information content (AvgIpc) is 2.78. The Bertz CT molecular complexity index is 943. The molecule has 2 N–H and O–H groups in total. The lowest BCUT2D eigenvalue weighted by atomic mass is 9.92. The van der Waals surface area contributed by atoms with Crippen molar-refractivity contribution in [3.05, 3.63) is 47.7 Å². The zero-order valence-corrected chi connectivity index (χ0v) is 19.3. The molecule has 1 heterocycles. The molecule has 6 heteroatoms. The molecule has 1 fully saturated rings. The smallest absolute Gasteiger partial charge is 0.303 e. The average molecular weight is 435 g/mol. The van der Waals surface area contributed by atoms with Crippen molar-refractivity contribution in [1.82, 2.24) is 4.98 Å². The summed E-state index contributed by atoms with van der Waals surface area (Å²) in [5.74, 6) is 0.294. The Labute approximate surface area is 191 Å². The van der Waals surface area contributed by atoms with Crippen molar-refractivity contribution in [2.75, 3.05) is 16.8 Å². The maximum Gasteiger partial charge on any atom is 0.303 e. The summed E-state index contributed by atoms with van der Waals surface area (Å²) in [5, 5.41) is 21.8. The number of benzene rings is 1. The molecule has 0 aliphatic heterocycles. The number of carboxylic acids is 1. The number of anilines is 3. The van der Waals surface area contributed by atoms with Crippen LogP contribution in [0.5, 0.6) is 0 Å². The fourth-order valence-corrected chi connectivity index (χ4v) is 4.49. The minimum absolute atomic E-state index is 0.0895. The van der Waals surface area contributed by atoms with Crippen molar-refractivity contribution in [3.63, 3.8) is 0 Å². The zero-order chi connectivity index (χ0) is 23.1. The molecule has 32 heavy (non-hydrogen) atoms. The summed E-state index contributed by atoms with van der Waals surface area (Å²) in [7, 11) is 0. The Morgan fingerprint density at radius 3 is 2.56 bits per heavy atom. The molecule has 1 atom stereocenters. The first-order valence-corrected chi connectivity index (χ1v) is 11.6. The first-order chi connectivity index (χ1) is 15.4. The molecule has 0 spiro atoms. The fourth-order valence-electron chi connectivity index (χ4n) is 4.49. The van der Waals surface area contributed by atoms with Crippen LogP contribution >= 0.6 is 0 Å². The van der Waals surface area contributed by atoms with Gasteiger partial charge in [0.25, 0.3) is 0 Å². The van der Waals surface area contributed by atoms with Gasteiger partial charge >= 0.3 is 5.97 Å². The Morgan fingerprint density at radius 2 is 1.97 bits per heavy atom. The minimum atomic E-state index is -0.798. The second kappa shape index (κ2) is 11.0. The van der Waals surface area contributed by atoms with E-state index in [1.807, 2.05) is 13.0 Å². The second-order valence-electron chi connectivity index (χ2n) is 9.28. The number of rotatable bonds is 9. The number of nitrogens with zero attached hydrogens (tertiary/aromatic N) is 3. The van der Waals surface area contributed by atoms with Crippen LogP contribution in [0.1, 0.15) is 76.3 Å². The number of aliphatic carboxylic acids is 1. The third-order valence-electron chi connectivity index (χ3n) is 6.11. The van der Waals surface area contributed by atoms with Gasteiger partial charge in [-0.25, -0.2) is 4.98 Å². The van der Waals surface area contributed by atoms with E-state index in [0.717, 1.165) is 23.5 Å². The highest BCUT2D eigenvalue weighted by Gasteiger charge is 2.25. The lowest BCUT2D eigenvalue weighted by Gasteiger charge is -2.38. The summed E-state index contributed by atoms with van der Waals surface area (Å²) in [6.07, 6.45) is 7.85. The zero-order valence-electron chi connectivity index (χ0n) is 19.3. The standard InChI is InChI=1S/C26H34N4O2/c1-18(2)17-30(22-7-5-4-6-8-22)24-11-10-21(19(3)13-26(31)32)14-23(24)29-25-12-9-20(15-27)16-28-25/h9-12,14,16,18-19,22H,4-8,13,17H2,1-3H3,(H,28,29)(H,31,32). The highest BCUT2D eigenvalue weighted by Crippen LogP contribution is 2.37.